The zero-order valence-corrected chi connectivity index (χ0v) is 15.5. The number of aliphatic imine (C=N–C) groups is 1. The van der Waals surface area contributed by atoms with Gasteiger partial charge in [-0.15, -0.1) is 0 Å². The lowest BCUT2D eigenvalue weighted by Gasteiger charge is -2.31. The van der Waals surface area contributed by atoms with Gasteiger partial charge in [-0.05, 0) is 31.5 Å². The number of alkyl halides is 2. The predicted molar refractivity (Wildman–Crippen MR) is 96.7 cm³/mol. The summed E-state index contributed by atoms with van der Waals surface area (Å²) >= 11 is 5.95. The monoisotopic (exact) mass is 388 g/mol. The number of carbonyl (C=O) groups is 1. The average Bonchev–Trinajstić information content (AvgIpc) is 2.58. The Morgan fingerprint density at radius 3 is 2.92 bits per heavy atom. The van der Waals surface area contributed by atoms with Gasteiger partial charge in [-0.2, -0.15) is 8.78 Å². The molecule has 2 N–H and O–H groups in total. The van der Waals surface area contributed by atoms with Crippen LogP contribution in [0.25, 0.3) is 0 Å². The topological polar surface area (TPSA) is 66.0 Å². The molecule has 6 nitrogen and oxygen atoms in total. The van der Waals surface area contributed by atoms with Gasteiger partial charge in [0.2, 0.25) is 5.91 Å². The molecule has 144 valence electrons. The van der Waals surface area contributed by atoms with Crippen molar-refractivity contribution in [3.8, 4) is 5.75 Å². The minimum Gasteiger partial charge on any atom is -0.434 e. The van der Waals surface area contributed by atoms with Crippen molar-refractivity contribution in [1.82, 2.24) is 15.5 Å². The minimum absolute atomic E-state index is 0.0481. The number of amides is 1. The number of likely N-dealkylation sites (N-methyl/N-ethyl adjacent to an activating group) is 1. The number of rotatable bonds is 6. The normalized spacial score (nSPS) is 18.2. The van der Waals surface area contributed by atoms with E-state index in [1.54, 1.807) is 18.0 Å². The molecule has 1 aliphatic rings. The van der Waals surface area contributed by atoms with Gasteiger partial charge in [0.15, 0.2) is 5.96 Å². The van der Waals surface area contributed by atoms with Crippen molar-refractivity contribution < 1.29 is 18.3 Å². The van der Waals surface area contributed by atoms with Gasteiger partial charge in [0.25, 0.3) is 0 Å². The van der Waals surface area contributed by atoms with E-state index in [0.29, 0.717) is 42.5 Å². The molecule has 9 heteroatoms. The number of carbonyl (C=O) groups excluding carboxylic acids is 1. The Bertz CT molecular complexity index is 658. The van der Waals surface area contributed by atoms with E-state index >= 15 is 0 Å². The van der Waals surface area contributed by atoms with Crippen LogP contribution in [0.1, 0.15) is 25.3 Å². The molecule has 0 aliphatic carbocycles. The molecule has 1 heterocycles. The first-order valence-electron chi connectivity index (χ1n) is 8.41. The van der Waals surface area contributed by atoms with Crippen LogP contribution in [0.2, 0.25) is 5.02 Å². The summed E-state index contributed by atoms with van der Waals surface area (Å²) in [5, 5.41) is 6.81. The fourth-order valence-corrected chi connectivity index (χ4v) is 2.88. The number of nitrogens with zero attached hydrogens (tertiary/aromatic N) is 2. The van der Waals surface area contributed by atoms with Gasteiger partial charge in [-0.3, -0.25) is 4.79 Å². The molecule has 2 rings (SSSR count). The first kappa shape index (κ1) is 20.2. The Labute approximate surface area is 156 Å². The highest BCUT2D eigenvalue weighted by molar-refractivity contribution is 6.30. The zero-order chi connectivity index (χ0) is 19.1. The number of likely N-dealkylation sites (tertiary alicyclic amines) is 1. The lowest BCUT2D eigenvalue weighted by atomic mass is 10.1. The molecule has 0 radical (unpaired) electrons. The molecule has 0 spiro atoms. The van der Waals surface area contributed by atoms with Crippen LogP contribution in [0.15, 0.2) is 23.2 Å². The summed E-state index contributed by atoms with van der Waals surface area (Å²) in [4.78, 5) is 17.7. The Kier molecular flexibility index (Phi) is 7.44. The molecule has 0 aromatic heterocycles. The van der Waals surface area contributed by atoms with Gasteiger partial charge < -0.3 is 20.3 Å². The highest BCUT2D eigenvalue weighted by atomic mass is 35.5. The molecular weight excluding hydrogens is 366 g/mol. The summed E-state index contributed by atoms with van der Waals surface area (Å²) in [5.41, 5.74) is 0.464. The molecule has 1 aliphatic heterocycles. The van der Waals surface area contributed by atoms with Crippen LogP contribution in [0, 0.1) is 0 Å². The average molecular weight is 389 g/mol. The summed E-state index contributed by atoms with van der Waals surface area (Å²) in [5.74, 6) is 0.716. The summed E-state index contributed by atoms with van der Waals surface area (Å²) in [6.07, 6.45) is 1.19. The van der Waals surface area contributed by atoms with Crippen LogP contribution in [0.5, 0.6) is 5.75 Å². The van der Waals surface area contributed by atoms with Crippen molar-refractivity contribution in [2.75, 3.05) is 20.1 Å². The van der Waals surface area contributed by atoms with E-state index in [2.05, 4.69) is 20.4 Å². The first-order valence-corrected chi connectivity index (χ1v) is 8.79. The molecule has 1 amide bonds. The second-order valence-electron chi connectivity index (χ2n) is 5.98. The SMILES string of the molecule is CCNC(=NCc1cc(Cl)ccc1OC(F)F)NC1CCC(=O)N(C)C1. The lowest BCUT2D eigenvalue weighted by Crippen LogP contribution is -2.51. The van der Waals surface area contributed by atoms with Gasteiger partial charge >= 0.3 is 6.61 Å². The van der Waals surface area contributed by atoms with Gasteiger partial charge in [-0.25, -0.2) is 4.99 Å². The Morgan fingerprint density at radius 2 is 2.27 bits per heavy atom. The Hall–Kier alpha value is -2.09. The van der Waals surface area contributed by atoms with Crippen LogP contribution in [0.3, 0.4) is 0 Å². The molecule has 0 bridgehead atoms. The molecule has 1 saturated heterocycles. The Morgan fingerprint density at radius 1 is 1.50 bits per heavy atom. The van der Waals surface area contributed by atoms with Crippen molar-refractivity contribution in [2.24, 2.45) is 4.99 Å². The third-order valence-corrected chi connectivity index (χ3v) is 4.19. The number of benzene rings is 1. The second kappa shape index (κ2) is 9.56. The number of hydrogen-bond donors (Lipinski definition) is 2. The summed E-state index contributed by atoms with van der Waals surface area (Å²) < 4.78 is 29.6. The minimum atomic E-state index is -2.92. The standard InChI is InChI=1S/C17H23ClF2N4O2/c1-3-21-17(23-13-5-7-15(25)24(2)10-13)22-9-11-8-12(18)4-6-14(11)26-16(19)20/h4,6,8,13,16H,3,5,7,9-10H2,1-2H3,(H2,21,22,23). The maximum Gasteiger partial charge on any atom is 0.387 e. The number of ether oxygens (including phenoxy) is 1. The summed E-state index contributed by atoms with van der Waals surface area (Å²) in [6.45, 7) is 0.363. The third-order valence-electron chi connectivity index (χ3n) is 3.96. The fraction of sp³-hybridized carbons (Fsp3) is 0.529. The maximum absolute atomic E-state index is 12.6. The van der Waals surface area contributed by atoms with Gasteiger partial charge in [-0.1, -0.05) is 11.6 Å². The smallest absolute Gasteiger partial charge is 0.387 e. The summed E-state index contributed by atoms with van der Waals surface area (Å²) in [6, 6.07) is 4.53. The van der Waals surface area contributed by atoms with Crippen molar-refractivity contribution >= 4 is 23.5 Å². The fourth-order valence-electron chi connectivity index (χ4n) is 2.69. The van der Waals surface area contributed by atoms with E-state index in [1.165, 1.54) is 12.1 Å². The van der Waals surface area contributed by atoms with E-state index < -0.39 is 6.61 Å². The van der Waals surface area contributed by atoms with E-state index in [-0.39, 0.29) is 24.2 Å². The van der Waals surface area contributed by atoms with Gasteiger partial charge in [0, 0.05) is 43.2 Å². The molecule has 1 fully saturated rings. The first-order chi connectivity index (χ1) is 12.4. The number of hydrogen-bond acceptors (Lipinski definition) is 3. The highest BCUT2D eigenvalue weighted by Crippen LogP contribution is 2.25. The van der Waals surface area contributed by atoms with Crippen molar-refractivity contribution in [1.29, 1.82) is 0 Å². The third kappa shape index (κ3) is 6.01. The largest absolute Gasteiger partial charge is 0.434 e. The Balaban J connectivity index is 2.09. The van der Waals surface area contributed by atoms with Crippen LogP contribution < -0.4 is 15.4 Å². The predicted octanol–water partition coefficient (Wildman–Crippen LogP) is 2.62. The van der Waals surface area contributed by atoms with E-state index in [1.807, 2.05) is 6.92 Å². The van der Waals surface area contributed by atoms with Crippen molar-refractivity contribution in [2.45, 2.75) is 39.0 Å². The van der Waals surface area contributed by atoms with E-state index in [0.717, 1.165) is 0 Å². The van der Waals surface area contributed by atoms with Crippen LogP contribution in [-0.4, -0.2) is 49.6 Å². The molecule has 1 atom stereocenters. The second-order valence-corrected chi connectivity index (χ2v) is 6.42. The van der Waals surface area contributed by atoms with Crippen LogP contribution in [0.4, 0.5) is 8.78 Å². The van der Waals surface area contributed by atoms with Gasteiger partial charge in [0.1, 0.15) is 5.75 Å². The number of halogens is 3. The molecule has 1 aromatic carbocycles. The van der Waals surface area contributed by atoms with Crippen molar-refractivity contribution in [3.05, 3.63) is 28.8 Å². The van der Waals surface area contributed by atoms with Crippen LogP contribution >= 0.6 is 11.6 Å². The molecule has 1 unspecified atom stereocenters. The molecule has 26 heavy (non-hydrogen) atoms. The molecule has 1 aromatic rings. The number of guanidine groups is 1. The van der Waals surface area contributed by atoms with E-state index in [9.17, 15) is 13.6 Å². The molecule has 0 saturated carbocycles. The number of piperidine rings is 1. The quantitative estimate of drug-likeness (QED) is 0.580. The van der Waals surface area contributed by atoms with Gasteiger partial charge in [0.05, 0.1) is 6.54 Å². The van der Waals surface area contributed by atoms with E-state index in [4.69, 9.17) is 11.6 Å². The maximum atomic E-state index is 12.6. The highest BCUT2D eigenvalue weighted by Gasteiger charge is 2.23. The summed E-state index contributed by atoms with van der Waals surface area (Å²) in [7, 11) is 1.76. The van der Waals surface area contributed by atoms with Crippen molar-refractivity contribution in [3.63, 3.8) is 0 Å². The van der Waals surface area contributed by atoms with Crippen LogP contribution in [-0.2, 0) is 11.3 Å². The lowest BCUT2D eigenvalue weighted by molar-refractivity contribution is -0.132. The molecular formula is C17H23ClF2N4O2. The zero-order valence-electron chi connectivity index (χ0n) is 14.8. The number of nitrogens with one attached hydrogen (secondary N) is 2.